The Bertz CT molecular complexity index is 739. The molecule has 0 saturated heterocycles. The molecule has 0 aromatic heterocycles. The van der Waals surface area contributed by atoms with Crippen LogP contribution in [0.3, 0.4) is 0 Å². The molecule has 8 heteroatoms. The Balaban J connectivity index is 1.88. The predicted octanol–water partition coefficient (Wildman–Crippen LogP) is 4.70. The van der Waals surface area contributed by atoms with Crippen molar-refractivity contribution < 1.29 is 9.90 Å². The summed E-state index contributed by atoms with van der Waals surface area (Å²) in [6.45, 7) is 0. The van der Waals surface area contributed by atoms with Crippen LogP contribution in [0, 0.1) is 0 Å². The third-order valence-electron chi connectivity index (χ3n) is 2.63. The van der Waals surface area contributed by atoms with Gasteiger partial charge in [-0.15, -0.1) is 11.8 Å². The van der Waals surface area contributed by atoms with Crippen molar-refractivity contribution in [1.29, 1.82) is 0 Å². The number of benzene rings is 2. The lowest BCUT2D eigenvalue weighted by atomic mass is 10.2. The standard InChI is InChI=1S/C15H11BrCl2N2O2S/c16-10-5-9(15(22)13(18)6-10)7-19-20-14(21)8-23-12-3-1-11(17)2-4-12/h1-7,22H,8H2,(H,20,21)/b19-7+. The summed E-state index contributed by atoms with van der Waals surface area (Å²) < 4.78 is 0.700. The summed E-state index contributed by atoms with van der Waals surface area (Å²) in [4.78, 5) is 12.7. The molecule has 0 aliphatic heterocycles. The Morgan fingerprint density at radius 1 is 1.30 bits per heavy atom. The maximum absolute atomic E-state index is 11.7. The van der Waals surface area contributed by atoms with Gasteiger partial charge in [0.25, 0.3) is 0 Å². The van der Waals surface area contributed by atoms with Crippen LogP contribution in [0.2, 0.25) is 10.0 Å². The van der Waals surface area contributed by atoms with E-state index < -0.39 is 0 Å². The van der Waals surface area contributed by atoms with Crippen LogP contribution in [0.1, 0.15) is 5.56 Å². The van der Waals surface area contributed by atoms with Crippen molar-refractivity contribution in [3.8, 4) is 5.75 Å². The van der Waals surface area contributed by atoms with E-state index in [4.69, 9.17) is 23.2 Å². The minimum Gasteiger partial charge on any atom is -0.506 e. The Kier molecular flexibility index (Phi) is 6.77. The Hall–Kier alpha value is -1.21. The molecule has 0 unspecified atom stereocenters. The Labute approximate surface area is 156 Å². The van der Waals surface area contributed by atoms with Crippen LogP contribution in [-0.4, -0.2) is 23.0 Å². The lowest BCUT2D eigenvalue weighted by Gasteiger charge is -2.03. The van der Waals surface area contributed by atoms with Crippen LogP contribution in [-0.2, 0) is 4.79 Å². The van der Waals surface area contributed by atoms with Gasteiger partial charge in [0.1, 0.15) is 5.75 Å². The maximum Gasteiger partial charge on any atom is 0.250 e. The van der Waals surface area contributed by atoms with Crippen LogP contribution in [0.25, 0.3) is 0 Å². The van der Waals surface area contributed by atoms with Crippen LogP contribution in [0.5, 0.6) is 5.75 Å². The first-order chi connectivity index (χ1) is 11.0. The van der Waals surface area contributed by atoms with E-state index in [2.05, 4.69) is 26.5 Å². The first-order valence-electron chi connectivity index (χ1n) is 6.34. The van der Waals surface area contributed by atoms with Crippen molar-refractivity contribution in [2.75, 3.05) is 5.75 Å². The molecule has 0 aliphatic rings. The number of carbonyl (C=O) groups excluding carboxylic acids is 1. The van der Waals surface area contributed by atoms with Crippen LogP contribution in [0.15, 0.2) is 50.9 Å². The zero-order valence-corrected chi connectivity index (χ0v) is 15.5. The molecule has 2 aromatic rings. The molecule has 2 N–H and O–H groups in total. The summed E-state index contributed by atoms with van der Waals surface area (Å²) in [6, 6.07) is 10.4. The van der Waals surface area contributed by atoms with Gasteiger partial charge in [0.2, 0.25) is 5.91 Å². The van der Waals surface area contributed by atoms with E-state index in [9.17, 15) is 9.90 Å². The van der Waals surface area contributed by atoms with Gasteiger partial charge in [-0.2, -0.15) is 5.10 Å². The number of phenols is 1. The number of thioether (sulfide) groups is 1. The number of amides is 1. The molecule has 0 fully saturated rings. The minimum absolute atomic E-state index is 0.0941. The van der Waals surface area contributed by atoms with Crippen LogP contribution >= 0.6 is 50.9 Å². The summed E-state index contributed by atoms with van der Waals surface area (Å²) >= 11 is 16.3. The van der Waals surface area contributed by atoms with Crippen molar-refractivity contribution in [2.24, 2.45) is 5.10 Å². The fourth-order valence-electron chi connectivity index (χ4n) is 1.57. The van der Waals surface area contributed by atoms with Crippen LogP contribution < -0.4 is 5.43 Å². The fraction of sp³-hybridized carbons (Fsp3) is 0.0667. The Morgan fingerprint density at radius 3 is 2.70 bits per heavy atom. The molecular formula is C15H11BrCl2N2O2S. The number of nitrogens with one attached hydrogen (secondary N) is 1. The number of nitrogens with zero attached hydrogens (tertiary/aromatic N) is 1. The zero-order chi connectivity index (χ0) is 16.8. The lowest BCUT2D eigenvalue weighted by molar-refractivity contribution is -0.118. The number of hydrogen-bond donors (Lipinski definition) is 2. The molecule has 4 nitrogen and oxygen atoms in total. The van der Waals surface area contributed by atoms with E-state index in [0.717, 1.165) is 4.90 Å². The van der Waals surface area contributed by atoms with Gasteiger partial charge in [-0.25, -0.2) is 5.43 Å². The van der Waals surface area contributed by atoms with E-state index in [0.29, 0.717) is 15.1 Å². The number of hydrogen-bond acceptors (Lipinski definition) is 4. The highest BCUT2D eigenvalue weighted by molar-refractivity contribution is 9.10. The average molecular weight is 434 g/mol. The van der Waals surface area contributed by atoms with E-state index >= 15 is 0 Å². The number of carbonyl (C=O) groups is 1. The molecule has 120 valence electrons. The lowest BCUT2D eigenvalue weighted by Crippen LogP contribution is -2.19. The quantitative estimate of drug-likeness (QED) is 0.408. The fourth-order valence-corrected chi connectivity index (χ4v) is 3.22. The number of halogens is 3. The molecule has 0 radical (unpaired) electrons. The van der Waals surface area contributed by atoms with Crippen molar-refractivity contribution in [3.63, 3.8) is 0 Å². The highest BCUT2D eigenvalue weighted by atomic mass is 79.9. The normalized spacial score (nSPS) is 10.9. The van der Waals surface area contributed by atoms with Gasteiger partial charge in [0, 0.05) is 20.0 Å². The second-order valence-corrected chi connectivity index (χ2v) is 7.17. The average Bonchev–Trinajstić information content (AvgIpc) is 2.51. The van der Waals surface area contributed by atoms with Gasteiger partial charge in [-0.1, -0.05) is 39.1 Å². The van der Waals surface area contributed by atoms with E-state index in [1.165, 1.54) is 18.0 Å². The molecule has 0 bridgehead atoms. The van der Waals surface area contributed by atoms with Crippen molar-refractivity contribution in [2.45, 2.75) is 4.90 Å². The van der Waals surface area contributed by atoms with Gasteiger partial charge in [0.15, 0.2) is 0 Å². The summed E-state index contributed by atoms with van der Waals surface area (Å²) in [6.07, 6.45) is 1.33. The van der Waals surface area contributed by atoms with E-state index in [-0.39, 0.29) is 22.4 Å². The molecule has 0 spiro atoms. The summed E-state index contributed by atoms with van der Waals surface area (Å²) in [7, 11) is 0. The van der Waals surface area contributed by atoms with E-state index in [1.807, 2.05) is 12.1 Å². The Morgan fingerprint density at radius 2 is 2.00 bits per heavy atom. The van der Waals surface area contributed by atoms with E-state index in [1.54, 1.807) is 24.3 Å². The SMILES string of the molecule is O=C(CSc1ccc(Cl)cc1)N/N=C/c1cc(Br)cc(Cl)c1O. The second kappa shape index (κ2) is 8.59. The number of hydrazone groups is 1. The zero-order valence-electron chi connectivity index (χ0n) is 11.6. The highest BCUT2D eigenvalue weighted by Crippen LogP contribution is 2.30. The van der Waals surface area contributed by atoms with Crippen LogP contribution in [0.4, 0.5) is 0 Å². The number of rotatable bonds is 5. The van der Waals surface area contributed by atoms with Crippen molar-refractivity contribution in [3.05, 3.63) is 56.5 Å². The molecule has 0 heterocycles. The summed E-state index contributed by atoms with van der Waals surface area (Å²) in [5.41, 5.74) is 2.79. The van der Waals surface area contributed by atoms with Gasteiger partial charge in [-0.05, 0) is 36.4 Å². The van der Waals surface area contributed by atoms with Gasteiger partial charge in [-0.3, -0.25) is 4.79 Å². The molecule has 0 saturated carbocycles. The minimum atomic E-state index is -0.262. The summed E-state index contributed by atoms with van der Waals surface area (Å²) in [5.74, 6) is -0.144. The monoisotopic (exact) mass is 432 g/mol. The van der Waals surface area contributed by atoms with Gasteiger partial charge in [0.05, 0.1) is 17.0 Å². The molecular weight excluding hydrogens is 423 g/mol. The third kappa shape index (κ3) is 5.73. The van der Waals surface area contributed by atoms with Crippen molar-refractivity contribution in [1.82, 2.24) is 5.43 Å². The van der Waals surface area contributed by atoms with Gasteiger partial charge >= 0.3 is 0 Å². The molecule has 1 amide bonds. The predicted molar refractivity (Wildman–Crippen MR) is 98.7 cm³/mol. The summed E-state index contributed by atoms with van der Waals surface area (Å²) in [5, 5.41) is 14.5. The smallest absolute Gasteiger partial charge is 0.250 e. The molecule has 2 aromatic carbocycles. The first-order valence-corrected chi connectivity index (χ1v) is 8.87. The largest absolute Gasteiger partial charge is 0.506 e. The molecule has 0 atom stereocenters. The highest BCUT2D eigenvalue weighted by Gasteiger charge is 2.06. The first kappa shape index (κ1) is 18.1. The number of aromatic hydroxyl groups is 1. The maximum atomic E-state index is 11.7. The molecule has 2 rings (SSSR count). The van der Waals surface area contributed by atoms with Gasteiger partial charge < -0.3 is 5.11 Å². The molecule has 23 heavy (non-hydrogen) atoms. The topological polar surface area (TPSA) is 61.7 Å². The van der Waals surface area contributed by atoms with Crippen molar-refractivity contribution >= 4 is 63.0 Å². The third-order valence-corrected chi connectivity index (χ3v) is 4.64. The molecule has 0 aliphatic carbocycles. The second-order valence-electron chi connectivity index (χ2n) is 4.36. The number of phenolic OH excluding ortho intramolecular Hbond substituents is 1.